The normalized spacial score (nSPS) is 25.2. The number of rotatable bonds is 7. The minimum atomic E-state index is -1.87. The maximum Gasteiger partial charge on any atom is 0.192 e. The fraction of sp³-hybridized carbons (Fsp3) is 0.357. The van der Waals surface area contributed by atoms with Gasteiger partial charge in [0.15, 0.2) is 18.6 Å². The zero-order chi connectivity index (χ0) is 24.1. The van der Waals surface area contributed by atoms with Crippen molar-refractivity contribution in [1.29, 1.82) is 0 Å². The van der Waals surface area contributed by atoms with Gasteiger partial charge in [-0.2, -0.15) is 0 Å². The van der Waals surface area contributed by atoms with E-state index in [9.17, 15) is 13.2 Å². The summed E-state index contributed by atoms with van der Waals surface area (Å²) in [5.41, 5.74) is 2.69. The Labute approximate surface area is 198 Å². The van der Waals surface area contributed by atoms with Crippen LogP contribution in [0, 0.1) is 5.82 Å². The standard InChI is InChI=1S/C28H29F3O3/c1-3-4-5-14-32-26-13-12-24(27(30)28(26)31)20-8-6-19(7-9-20)23-11-10-21(15-25(23)29)22-16-33-18(2)34-17-22/h4-13,15,18,22,27-28H,3,14,16-17H2,1-2H3/b5-4+. The molecule has 1 aliphatic heterocycles. The van der Waals surface area contributed by atoms with Crippen LogP contribution in [0.1, 0.15) is 37.3 Å². The second-order valence-electron chi connectivity index (χ2n) is 8.43. The number of halogens is 3. The third-order valence-electron chi connectivity index (χ3n) is 6.06. The van der Waals surface area contributed by atoms with Crippen LogP contribution in [0.15, 0.2) is 72.5 Å². The zero-order valence-electron chi connectivity index (χ0n) is 19.3. The Morgan fingerprint density at radius 2 is 1.65 bits per heavy atom. The van der Waals surface area contributed by atoms with Crippen molar-refractivity contribution in [3.63, 3.8) is 0 Å². The number of alkyl halides is 2. The van der Waals surface area contributed by atoms with E-state index in [1.807, 2.05) is 26.0 Å². The van der Waals surface area contributed by atoms with Crippen LogP contribution in [0.4, 0.5) is 13.2 Å². The van der Waals surface area contributed by atoms with Crippen molar-refractivity contribution in [2.24, 2.45) is 0 Å². The molecule has 180 valence electrons. The monoisotopic (exact) mass is 470 g/mol. The molecule has 0 amide bonds. The third kappa shape index (κ3) is 5.45. The van der Waals surface area contributed by atoms with Gasteiger partial charge in [-0.25, -0.2) is 13.2 Å². The molecule has 1 saturated heterocycles. The Bertz CT molecular complexity index is 1070. The average molecular weight is 471 g/mol. The number of hydrogen-bond donors (Lipinski definition) is 0. The lowest BCUT2D eigenvalue weighted by Gasteiger charge is -2.27. The molecule has 0 N–H and O–H groups in total. The van der Waals surface area contributed by atoms with Crippen molar-refractivity contribution in [3.8, 4) is 11.1 Å². The minimum absolute atomic E-state index is 0.0138. The zero-order valence-corrected chi connectivity index (χ0v) is 19.3. The largest absolute Gasteiger partial charge is 0.491 e. The van der Waals surface area contributed by atoms with E-state index in [1.165, 1.54) is 12.1 Å². The van der Waals surface area contributed by atoms with Crippen LogP contribution in [0.25, 0.3) is 16.7 Å². The Hall–Kier alpha value is -2.83. The predicted molar refractivity (Wildman–Crippen MR) is 127 cm³/mol. The van der Waals surface area contributed by atoms with Gasteiger partial charge in [-0.1, -0.05) is 61.5 Å². The van der Waals surface area contributed by atoms with Crippen molar-refractivity contribution >= 4 is 5.57 Å². The van der Waals surface area contributed by atoms with E-state index in [1.54, 1.807) is 42.5 Å². The molecule has 2 atom stereocenters. The van der Waals surface area contributed by atoms with E-state index in [0.29, 0.717) is 29.9 Å². The fourth-order valence-electron chi connectivity index (χ4n) is 4.07. The van der Waals surface area contributed by atoms with E-state index in [4.69, 9.17) is 14.2 Å². The summed E-state index contributed by atoms with van der Waals surface area (Å²) in [7, 11) is 0. The van der Waals surface area contributed by atoms with Gasteiger partial charge < -0.3 is 14.2 Å². The average Bonchev–Trinajstić information content (AvgIpc) is 2.85. The lowest BCUT2D eigenvalue weighted by molar-refractivity contribution is -0.176. The van der Waals surface area contributed by atoms with Gasteiger partial charge in [-0.3, -0.25) is 0 Å². The Kier molecular flexibility index (Phi) is 7.91. The van der Waals surface area contributed by atoms with E-state index in [2.05, 4.69) is 0 Å². The molecule has 0 spiro atoms. The van der Waals surface area contributed by atoms with Crippen molar-refractivity contribution in [3.05, 3.63) is 89.5 Å². The number of allylic oxidation sites excluding steroid dienone is 5. The molecular formula is C28H29F3O3. The first-order chi connectivity index (χ1) is 16.5. The molecule has 1 heterocycles. The topological polar surface area (TPSA) is 27.7 Å². The molecule has 2 unspecified atom stereocenters. The predicted octanol–water partition coefficient (Wildman–Crippen LogP) is 6.91. The SMILES string of the molecule is CC/C=C/COC1=CC=C(c2ccc(-c3ccc(C4COC(C)OC4)cc3F)cc2)C(F)C1F. The molecule has 2 aromatic carbocycles. The fourth-order valence-corrected chi connectivity index (χ4v) is 4.07. The molecule has 0 aromatic heterocycles. The van der Waals surface area contributed by atoms with Crippen molar-refractivity contribution in [1.82, 2.24) is 0 Å². The summed E-state index contributed by atoms with van der Waals surface area (Å²) in [6, 6.07) is 11.9. The summed E-state index contributed by atoms with van der Waals surface area (Å²) in [5, 5.41) is 0. The second kappa shape index (κ2) is 11.1. The molecular weight excluding hydrogens is 441 g/mol. The minimum Gasteiger partial charge on any atom is -0.491 e. The van der Waals surface area contributed by atoms with Gasteiger partial charge in [0.05, 0.1) is 13.2 Å². The molecule has 0 radical (unpaired) electrons. The second-order valence-corrected chi connectivity index (χ2v) is 8.43. The van der Waals surface area contributed by atoms with Crippen LogP contribution in [0.2, 0.25) is 0 Å². The number of ether oxygens (including phenoxy) is 3. The molecule has 3 nitrogen and oxygen atoms in total. The van der Waals surface area contributed by atoms with E-state index >= 15 is 0 Å². The van der Waals surface area contributed by atoms with Crippen molar-refractivity contribution < 1.29 is 27.4 Å². The summed E-state index contributed by atoms with van der Waals surface area (Å²) in [5.74, 6) is -0.381. The maximum atomic E-state index is 14.9. The first-order valence-corrected chi connectivity index (χ1v) is 11.6. The molecule has 0 saturated carbocycles. The molecule has 6 heteroatoms. The van der Waals surface area contributed by atoms with E-state index in [-0.39, 0.29) is 36.0 Å². The van der Waals surface area contributed by atoms with Crippen LogP contribution in [-0.4, -0.2) is 38.5 Å². The summed E-state index contributed by atoms with van der Waals surface area (Å²) in [6.07, 6.45) is 3.61. The van der Waals surface area contributed by atoms with Crippen LogP contribution in [0.3, 0.4) is 0 Å². The lowest BCUT2D eigenvalue weighted by Crippen LogP contribution is -2.28. The quantitative estimate of drug-likeness (QED) is 0.412. The third-order valence-corrected chi connectivity index (χ3v) is 6.06. The highest BCUT2D eigenvalue weighted by Gasteiger charge is 2.32. The molecule has 2 aliphatic rings. The molecule has 1 fully saturated rings. The highest BCUT2D eigenvalue weighted by molar-refractivity contribution is 5.75. The van der Waals surface area contributed by atoms with Gasteiger partial charge in [0.25, 0.3) is 0 Å². The van der Waals surface area contributed by atoms with Crippen molar-refractivity contribution in [2.75, 3.05) is 19.8 Å². The first-order valence-electron chi connectivity index (χ1n) is 11.6. The highest BCUT2D eigenvalue weighted by atomic mass is 19.2. The lowest BCUT2D eigenvalue weighted by atomic mass is 9.91. The Morgan fingerprint density at radius 1 is 0.941 bits per heavy atom. The smallest absolute Gasteiger partial charge is 0.192 e. The van der Waals surface area contributed by atoms with Gasteiger partial charge >= 0.3 is 0 Å². The number of hydrogen-bond acceptors (Lipinski definition) is 3. The maximum absolute atomic E-state index is 14.9. The highest BCUT2D eigenvalue weighted by Crippen LogP contribution is 2.34. The van der Waals surface area contributed by atoms with Crippen LogP contribution < -0.4 is 0 Å². The van der Waals surface area contributed by atoms with E-state index in [0.717, 1.165) is 12.0 Å². The Balaban J connectivity index is 1.48. The van der Waals surface area contributed by atoms with Crippen molar-refractivity contribution in [2.45, 2.75) is 44.8 Å². The summed E-state index contributed by atoms with van der Waals surface area (Å²) in [4.78, 5) is 0. The van der Waals surface area contributed by atoms with Gasteiger partial charge in [0, 0.05) is 11.5 Å². The Morgan fingerprint density at radius 3 is 2.32 bits per heavy atom. The van der Waals surface area contributed by atoms with Crippen LogP contribution >= 0.6 is 0 Å². The summed E-state index contributed by atoms with van der Waals surface area (Å²) in [6.45, 7) is 5.00. The molecule has 2 aromatic rings. The van der Waals surface area contributed by atoms with Crippen LogP contribution in [0.5, 0.6) is 0 Å². The summed E-state index contributed by atoms with van der Waals surface area (Å²) >= 11 is 0. The summed E-state index contributed by atoms with van der Waals surface area (Å²) < 4.78 is 60.7. The number of benzene rings is 2. The van der Waals surface area contributed by atoms with Gasteiger partial charge in [0.2, 0.25) is 0 Å². The molecule has 1 aliphatic carbocycles. The molecule has 0 bridgehead atoms. The van der Waals surface area contributed by atoms with Crippen LogP contribution in [-0.2, 0) is 14.2 Å². The van der Waals surface area contributed by atoms with E-state index < -0.39 is 12.3 Å². The van der Waals surface area contributed by atoms with Gasteiger partial charge in [0.1, 0.15) is 18.2 Å². The first kappa shape index (κ1) is 24.3. The molecule has 34 heavy (non-hydrogen) atoms. The van der Waals surface area contributed by atoms with Gasteiger partial charge in [-0.15, -0.1) is 0 Å². The van der Waals surface area contributed by atoms with Gasteiger partial charge in [-0.05, 0) is 47.8 Å². The molecule has 4 rings (SSSR count).